The molecule has 270 valence electrons. The predicted molar refractivity (Wildman–Crippen MR) is 237 cm³/mol. The SMILES string of the molecule is c1ccc(N(c2ccc3c(c2)-c2ccccc2C32c3ccccc3-c3ccccc32)c2ccc3c(c2)oc2ccccc23)c(-c2cccc3oc4ccccc4c23)c1. The van der Waals surface area contributed by atoms with Gasteiger partial charge in [-0.3, -0.25) is 0 Å². The summed E-state index contributed by atoms with van der Waals surface area (Å²) >= 11 is 0. The zero-order chi connectivity index (χ0) is 38.0. The summed E-state index contributed by atoms with van der Waals surface area (Å²) in [5.74, 6) is 0. The van der Waals surface area contributed by atoms with Crippen molar-refractivity contribution in [3.8, 4) is 33.4 Å². The topological polar surface area (TPSA) is 29.5 Å². The van der Waals surface area contributed by atoms with Crippen molar-refractivity contribution in [3.05, 3.63) is 222 Å². The van der Waals surface area contributed by atoms with Gasteiger partial charge >= 0.3 is 0 Å². The second kappa shape index (κ2) is 11.7. The molecule has 0 saturated carbocycles. The zero-order valence-electron chi connectivity index (χ0n) is 31.3. The van der Waals surface area contributed by atoms with Gasteiger partial charge < -0.3 is 13.7 Å². The number of furan rings is 2. The number of fused-ring (bicyclic) bond motifs is 16. The number of rotatable bonds is 4. The molecule has 3 heteroatoms. The first kappa shape index (κ1) is 31.6. The maximum atomic E-state index is 6.54. The number of anilines is 3. The smallest absolute Gasteiger partial charge is 0.137 e. The summed E-state index contributed by atoms with van der Waals surface area (Å²) in [7, 11) is 0. The first-order valence-corrected chi connectivity index (χ1v) is 19.9. The molecule has 2 aliphatic carbocycles. The van der Waals surface area contributed by atoms with Gasteiger partial charge in [-0.05, 0) is 98.6 Å². The third kappa shape index (κ3) is 4.12. The summed E-state index contributed by atoms with van der Waals surface area (Å²) in [4.78, 5) is 2.41. The maximum Gasteiger partial charge on any atom is 0.137 e. The van der Waals surface area contributed by atoms with Gasteiger partial charge in [0.1, 0.15) is 22.3 Å². The lowest BCUT2D eigenvalue weighted by Crippen LogP contribution is -2.25. The molecule has 0 fully saturated rings. The Morgan fingerprint density at radius 1 is 0.310 bits per heavy atom. The monoisotopic (exact) mass is 739 g/mol. The van der Waals surface area contributed by atoms with Gasteiger partial charge in [0.05, 0.1) is 11.1 Å². The van der Waals surface area contributed by atoms with Crippen molar-refractivity contribution in [3.63, 3.8) is 0 Å². The number of hydrogen-bond donors (Lipinski definition) is 0. The second-order valence-electron chi connectivity index (χ2n) is 15.5. The molecule has 58 heavy (non-hydrogen) atoms. The van der Waals surface area contributed by atoms with E-state index in [2.05, 4.69) is 187 Å². The maximum absolute atomic E-state index is 6.54. The van der Waals surface area contributed by atoms with Crippen LogP contribution in [0.2, 0.25) is 0 Å². The summed E-state index contributed by atoms with van der Waals surface area (Å²) in [6, 6.07) is 72.5. The molecule has 0 aliphatic heterocycles. The van der Waals surface area contributed by atoms with E-state index < -0.39 is 5.41 Å². The van der Waals surface area contributed by atoms with Crippen LogP contribution in [0.5, 0.6) is 0 Å². The molecule has 11 aromatic rings. The summed E-state index contributed by atoms with van der Waals surface area (Å²) in [5, 5.41) is 4.44. The summed E-state index contributed by atoms with van der Waals surface area (Å²) in [6.07, 6.45) is 0. The first-order chi connectivity index (χ1) is 28.8. The van der Waals surface area contributed by atoms with Gasteiger partial charge in [0.15, 0.2) is 0 Å². The molecule has 1 spiro atoms. The van der Waals surface area contributed by atoms with Gasteiger partial charge in [0.2, 0.25) is 0 Å². The van der Waals surface area contributed by atoms with Gasteiger partial charge in [-0.25, -0.2) is 0 Å². The molecule has 2 aromatic heterocycles. The number of nitrogens with zero attached hydrogens (tertiary/aromatic N) is 1. The highest BCUT2D eigenvalue weighted by atomic mass is 16.3. The highest BCUT2D eigenvalue weighted by Gasteiger charge is 2.51. The van der Waals surface area contributed by atoms with Crippen molar-refractivity contribution >= 4 is 60.9 Å². The van der Waals surface area contributed by atoms with Crippen molar-refractivity contribution < 1.29 is 8.83 Å². The molecule has 0 radical (unpaired) electrons. The fourth-order valence-corrected chi connectivity index (χ4v) is 10.4. The average Bonchev–Trinajstić information content (AvgIpc) is 4.02. The van der Waals surface area contributed by atoms with E-state index in [1.807, 2.05) is 18.2 Å². The van der Waals surface area contributed by atoms with E-state index in [4.69, 9.17) is 8.83 Å². The molecule has 0 amide bonds. The van der Waals surface area contributed by atoms with E-state index in [0.717, 1.165) is 72.1 Å². The van der Waals surface area contributed by atoms with Crippen LogP contribution in [-0.2, 0) is 5.41 Å². The Hall–Kier alpha value is -7.62. The Morgan fingerprint density at radius 2 is 0.793 bits per heavy atom. The Labute approximate surface area is 334 Å². The lowest BCUT2D eigenvalue weighted by molar-refractivity contribution is 0.668. The van der Waals surface area contributed by atoms with E-state index in [1.54, 1.807) is 0 Å². The van der Waals surface area contributed by atoms with Crippen LogP contribution in [0.15, 0.2) is 209 Å². The fourth-order valence-electron chi connectivity index (χ4n) is 10.4. The van der Waals surface area contributed by atoms with Crippen LogP contribution in [0, 0.1) is 0 Å². The highest BCUT2D eigenvalue weighted by molar-refractivity contribution is 6.14. The van der Waals surface area contributed by atoms with Crippen LogP contribution in [-0.4, -0.2) is 0 Å². The van der Waals surface area contributed by atoms with Gasteiger partial charge in [-0.1, -0.05) is 146 Å². The van der Waals surface area contributed by atoms with Crippen molar-refractivity contribution in [1.29, 1.82) is 0 Å². The van der Waals surface area contributed by atoms with Crippen LogP contribution in [0.3, 0.4) is 0 Å². The van der Waals surface area contributed by atoms with Crippen LogP contribution in [0.1, 0.15) is 22.3 Å². The third-order valence-electron chi connectivity index (χ3n) is 12.7. The van der Waals surface area contributed by atoms with E-state index in [-0.39, 0.29) is 0 Å². The summed E-state index contributed by atoms with van der Waals surface area (Å²) in [6.45, 7) is 0. The Bertz CT molecular complexity index is 3450. The Kier molecular flexibility index (Phi) is 6.37. The lowest BCUT2D eigenvalue weighted by Gasteiger charge is -2.31. The molecule has 9 aromatic carbocycles. The van der Waals surface area contributed by atoms with Crippen LogP contribution in [0.4, 0.5) is 17.1 Å². The fraction of sp³-hybridized carbons (Fsp3) is 0.0182. The molecular formula is C55H33NO2. The quantitative estimate of drug-likeness (QED) is 0.180. The summed E-state index contributed by atoms with van der Waals surface area (Å²) < 4.78 is 13.0. The van der Waals surface area contributed by atoms with Crippen LogP contribution in [0.25, 0.3) is 77.3 Å². The molecule has 13 rings (SSSR count). The second-order valence-corrected chi connectivity index (χ2v) is 15.5. The zero-order valence-corrected chi connectivity index (χ0v) is 31.3. The molecule has 3 nitrogen and oxygen atoms in total. The Morgan fingerprint density at radius 3 is 1.53 bits per heavy atom. The van der Waals surface area contributed by atoms with Gasteiger partial charge in [0.25, 0.3) is 0 Å². The minimum atomic E-state index is -0.411. The van der Waals surface area contributed by atoms with E-state index in [1.165, 1.54) is 44.5 Å². The number of para-hydroxylation sites is 3. The average molecular weight is 740 g/mol. The highest BCUT2D eigenvalue weighted by Crippen LogP contribution is 2.63. The molecule has 2 aliphatic rings. The van der Waals surface area contributed by atoms with E-state index in [9.17, 15) is 0 Å². The third-order valence-corrected chi connectivity index (χ3v) is 12.7. The normalized spacial score (nSPS) is 13.3. The van der Waals surface area contributed by atoms with Crippen molar-refractivity contribution in [2.75, 3.05) is 4.90 Å². The molecule has 2 heterocycles. The van der Waals surface area contributed by atoms with Gasteiger partial charge in [-0.2, -0.15) is 0 Å². The molecule has 0 saturated heterocycles. The van der Waals surface area contributed by atoms with Crippen molar-refractivity contribution in [1.82, 2.24) is 0 Å². The van der Waals surface area contributed by atoms with E-state index >= 15 is 0 Å². The van der Waals surface area contributed by atoms with Gasteiger partial charge in [-0.15, -0.1) is 0 Å². The van der Waals surface area contributed by atoms with Crippen LogP contribution < -0.4 is 4.90 Å². The minimum Gasteiger partial charge on any atom is -0.456 e. The van der Waals surface area contributed by atoms with Crippen molar-refractivity contribution in [2.45, 2.75) is 5.41 Å². The van der Waals surface area contributed by atoms with Crippen LogP contribution >= 0.6 is 0 Å². The number of benzene rings is 9. The molecular weight excluding hydrogens is 707 g/mol. The minimum absolute atomic E-state index is 0.411. The molecule has 0 bridgehead atoms. The molecule has 0 N–H and O–H groups in total. The summed E-state index contributed by atoms with van der Waals surface area (Å²) in [5.41, 5.74) is 18.9. The van der Waals surface area contributed by atoms with Gasteiger partial charge in [0, 0.05) is 44.5 Å². The lowest BCUT2D eigenvalue weighted by atomic mass is 9.70. The molecule has 0 atom stereocenters. The molecule has 0 unspecified atom stereocenters. The van der Waals surface area contributed by atoms with E-state index in [0.29, 0.717) is 0 Å². The largest absolute Gasteiger partial charge is 0.456 e. The Balaban J connectivity index is 1.09. The predicted octanol–water partition coefficient (Wildman–Crippen LogP) is 15.0. The van der Waals surface area contributed by atoms with Crippen molar-refractivity contribution in [2.24, 2.45) is 0 Å². The first-order valence-electron chi connectivity index (χ1n) is 19.9. The standard InChI is InChI=1S/C55H33NO2/c1-7-21-45-36(14-1)37-15-2-8-22-46(37)55(45)47-23-9-3-16-38(47)44-32-34(29-31-48(44)55)56(35-28-30-41-40-18-5-11-25-50(40)58-53(41)33-35)49-24-10-4-17-39(49)42-20-13-27-52-54(42)43-19-6-12-26-51(43)57-52/h1-33H. The number of hydrogen-bond acceptors (Lipinski definition) is 3.